The van der Waals surface area contributed by atoms with E-state index < -0.39 is 22.1 Å². The Balaban J connectivity index is 2.71. The van der Waals surface area contributed by atoms with E-state index in [0.717, 1.165) is 10.8 Å². The maximum Gasteiger partial charge on any atom is 0.170 e. The van der Waals surface area contributed by atoms with Crippen LogP contribution in [0.25, 0.3) is 10.8 Å². The SMILES string of the molecule is CCOC[C@@](c1cccc2ccccc12)([C@H](N)O)S(=O)O. The molecule has 1 unspecified atom stereocenters. The summed E-state index contributed by atoms with van der Waals surface area (Å²) in [6.45, 7) is 1.99. The first-order valence-electron chi connectivity index (χ1n) is 6.64. The lowest BCUT2D eigenvalue weighted by Gasteiger charge is -2.33. The Morgan fingerprint density at radius 2 is 1.95 bits per heavy atom. The van der Waals surface area contributed by atoms with Gasteiger partial charge in [-0.3, -0.25) is 0 Å². The Labute approximate surface area is 126 Å². The molecular weight excluding hydrogens is 290 g/mol. The summed E-state index contributed by atoms with van der Waals surface area (Å²) in [6, 6.07) is 12.8. The van der Waals surface area contributed by atoms with Crippen molar-refractivity contribution in [3.05, 3.63) is 48.0 Å². The van der Waals surface area contributed by atoms with Crippen molar-refractivity contribution in [3.8, 4) is 0 Å². The lowest BCUT2D eigenvalue weighted by Crippen LogP contribution is -2.52. The number of fused-ring (bicyclic) bond motifs is 1. The molecule has 2 aromatic rings. The molecule has 6 heteroatoms. The summed E-state index contributed by atoms with van der Waals surface area (Å²) in [4.78, 5) is 0. The summed E-state index contributed by atoms with van der Waals surface area (Å²) in [6.07, 6.45) is -1.53. The first-order chi connectivity index (χ1) is 10.0. The van der Waals surface area contributed by atoms with Crippen LogP contribution in [-0.4, -0.2) is 33.3 Å². The first-order valence-corrected chi connectivity index (χ1v) is 7.75. The number of aliphatic hydroxyl groups is 1. The summed E-state index contributed by atoms with van der Waals surface area (Å²) in [5, 5.41) is 11.7. The fourth-order valence-corrected chi connectivity index (χ4v) is 3.18. The largest absolute Gasteiger partial charge is 0.380 e. The molecule has 0 aliphatic carbocycles. The van der Waals surface area contributed by atoms with Gasteiger partial charge in [-0.05, 0) is 23.3 Å². The zero-order valence-electron chi connectivity index (χ0n) is 11.7. The van der Waals surface area contributed by atoms with Gasteiger partial charge in [-0.2, -0.15) is 0 Å². The van der Waals surface area contributed by atoms with E-state index in [1.54, 1.807) is 19.1 Å². The van der Waals surface area contributed by atoms with Crippen LogP contribution in [-0.2, 0) is 20.6 Å². The minimum atomic E-state index is -2.40. The van der Waals surface area contributed by atoms with Crippen molar-refractivity contribution in [3.63, 3.8) is 0 Å². The Morgan fingerprint density at radius 3 is 2.57 bits per heavy atom. The van der Waals surface area contributed by atoms with Crippen LogP contribution in [0.3, 0.4) is 0 Å². The molecule has 2 rings (SSSR count). The van der Waals surface area contributed by atoms with Gasteiger partial charge < -0.3 is 20.1 Å². The zero-order valence-corrected chi connectivity index (χ0v) is 12.5. The molecule has 0 radical (unpaired) electrons. The molecule has 3 atom stereocenters. The van der Waals surface area contributed by atoms with Crippen LogP contribution in [0.4, 0.5) is 0 Å². The van der Waals surface area contributed by atoms with Crippen molar-refractivity contribution in [2.45, 2.75) is 17.9 Å². The predicted octanol–water partition coefficient (Wildman–Crippen LogP) is 1.57. The monoisotopic (exact) mass is 309 g/mol. The van der Waals surface area contributed by atoms with Gasteiger partial charge >= 0.3 is 0 Å². The fourth-order valence-electron chi connectivity index (χ4n) is 2.42. The molecule has 0 bridgehead atoms. The summed E-state index contributed by atoms with van der Waals surface area (Å²) in [7, 11) is 0. The standard InChI is InChI=1S/C15H19NO4S/c1-2-20-10-15(14(16)17,21(18)19)13-9-5-7-11-6-3-4-8-12(11)13/h3-9,14,17H,2,10,16H2,1H3,(H,18,19)/t14-,15-/m1/s1. The summed E-state index contributed by atoms with van der Waals surface area (Å²) < 4.78 is 25.6. The quantitative estimate of drug-likeness (QED) is 0.556. The third-order valence-corrected chi connectivity index (χ3v) is 4.76. The van der Waals surface area contributed by atoms with Crippen LogP contribution < -0.4 is 5.73 Å². The Morgan fingerprint density at radius 1 is 1.29 bits per heavy atom. The van der Waals surface area contributed by atoms with Gasteiger partial charge in [0.15, 0.2) is 15.8 Å². The number of hydrogen-bond acceptors (Lipinski definition) is 4. The molecule has 2 aromatic carbocycles. The molecule has 0 saturated heterocycles. The van der Waals surface area contributed by atoms with E-state index in [1.165, 1.54) is 0 Å². The second kappa shape index (κ2) is 6.64. The Bertz CT molecular complexity index is 641. The van der Waals surface area contributed by atoms with Crippen LogP contribution in [0.1, 0.15) is 12.5 Å². The van der Waals surface area contributed by atoms with E-state index in [0.29, 0.717) is 12.2 Å². The number of aliphatic hydroxyl groups excluding tert-OH is 1. The number of rotatable bonds is 6. The Hall–Kier alpha value is -1.31. The molecule has 0 saturated carbocycles. The molecule has 5 nitrogen and oxygen atoms in total. The van der Waals surface area contributed by atoms with Crippen LogP contribution >= 0.6 is 0 Å². The second-order valence-electron chi connectivity index (χ2n) is 4.75. The average molecular weight is 309 g/mol. The summed E-state index contributed by atoms with van der Waals surface area (Å²) >= 11 is -2.40. The van der Waals surface area contributed by atoms with Crippen LogP contribution in [0.15, 0.2) is 42.5 Å². The molecule has 114 valence electrons. The highest BCUT2D eigenvalue weighted by Gasteiger charge is 2.45. The Kier molecular flexibility index (Phi) is 5.08. The number of nitrogens with two attached hydrogens (primary N) is 1. The van der Waals surface area contributed by atoms with Gasteiger partial charge in [0.2, 0.25) is 0 Å². The van der Waals surface area contributed by atoms with Gasteiger partial charge in [-0.25, -0.2) is 4.21 Å². The van der Waals surface area contributed by atoms with E-state index in [2.05, 4.69) is 0 Å². The molecule has 0 aliphatic heterocycles. The average Bonchev–Trinajstić information content (AvgIpc) is 2.47. The number of ether oxygens (including phenoxy) is 1. The maximum atomic E-state index is 12.0. The van der Waals surface area contributed by atoms with Gasteiger partial charge in [-0.15, -0.1) is 0 Å². The van der Waals surface area contributed by atoms with Gasteiger partial charge in [0, 0.05) is 6.61 Å². The molecule has 4 N–H and O–H groups in total. The van der Waals surface area contributed by atoms with E-state index in [1.807, 2.05) is 30.3 Å². The second-order valence-corrected chi connectivity index (χ2v) is 5.97. The van der Waals surface area contributed by atoms with Crippen molar-refractivity contribution >= 4 is 21.9 Å². The summed E-state index contributed by atoms with van der Waals surface area (Å²) in [5.74, 6) is 0. The maximum absolute atomic E-state index is 12.0. The predicted molar refractivity (Wildman–Crippen MR) is 83.1 cm³/mol. The highest BCUT2D eigenvalue weighted by molar-refractivity contribution is 7.80. The van der Waals surface area contributed by atoms with Crippen molar-refractivity contribution in [1.29, 1.82) is 0 Å². The highest BCUT2D eigenvalue weighted by atomic mass is 32.2. The highest BCUT2D eigenvalue weighted by Crippen LogP contribution is 2.35. The molecule has 0 spiro atoms. The fraction of sp³-hybridized carbons (Fsp3) is 0.333. The van der Waals surface area contributed by atoms with Gasteiger partial charge in [0.1, 0.15) is 6.23 Å². The number of benzene rings is 2. The smallest absolute Gasteiger partial charge is 0.170 e. The minimum Gasteiger partial charge on any atom is -0.380 e. The molecule has 0 amide bonds. The first kappa shape index (κ1) is 16.1. The normalized spacial score (nSPS) is 17.3. The minimum absolute atomic E-state index is 0.141. The van der Waals surface area contributed by atoms with Gasteiger partial charge in [0.05, 0.1) is 6.61 Å². The lowest BCUT2D eigenvalue weighted by molar-refractivity contribution is 0.0487. The van der Waals surface area contributed by atoms with Gasteiger partial charge in [0.25, 0.3) is 0 Å². The van der Waals surface area contributed by atoms with Crippen LogP contribution in [0.2, 0.25) is 0 Å². The van der Waals surface area contributed by atoms with Crippen molar-refractivity contribution in [2.24, 2.45) is 5.73 Å². The third kappa shape index (κ3) is 2.86. The van der Waals surface area contributed by atoms with Crippen LogP contribution in [0.5, 0.6) is 0 Å². The topological polar surface area (TPSA) is 92.8 Å². The molecule has 0 heterocycles. The van der Waals surface area contributed by atoms with E-state index >= 15 is 0 Å². The van der Waals surface area contributed by atoms with Crippen molar-refractivity contribution < 1.29 is 18.6 Å². The van der Waals surface area contributed by atoms with Gasteiger partial charge in [-0.1, -0.05) is 42.5 Å². The number of hydrogen-bond donors (Lipinski definition) is 3. The zero-order chi connectivity index (χ0) is 15.5. The molecular formula is C15H19NO4S. The van der Waals surface area contributed by atoms with E-state index in [4.69, 9.17) is 10.5 Å². The van der Waals surface area contributed by atoms with Crippen molar-refractivity contribution in [2.75, 3.05) is 13.2 Å². The molecule has 21 heavy (non-hydrogen) atoms. The lowest BCUT2D eigenvalue weighted by atomic mass is 9.92. The van der Waals surface area contributed by atoms with E-state index in [-0.39, 0.29) is 6.61 Å². The summed E-state index contributed by atoms with van der Waals surface area (Å²) in [5.41, 5.74) is 6.16. The third-order valence-electron chi connectivity index (χ3n) is 3.56. The molecule has 0 fully saturated rings. The molecule has 0 aromatic heterocycles. The molecule has 0 aliphatic rings. The van der Waals surface area contributed by atoms with Crippen molar-refractivity contribution in [1.82, 2.24) is 0 Å². The van der Waals surface area contributed by atoms with E-state index in [9.17, 15) is 13.9 Å². The van der Waals surface area contributed by atoms with Crippen LogP contribution in [0, 0.1) is 0 Å².